The number of halogens is 3. The number of hydrogen-bond acceptors (Lipinski definition) is 4. The van der Waals surface area contributed by atoms with Crippen LogP contribution in [-0.4, -0.2) is 49.7 Å². The highest BCUT2D eigenvalue weighted by molar-refractivity contribution is 5.80. The summed E-state index contributed by atoms with van der Waals surface area (Å²) in [7, 11) is 1.14. The molecule has 0 radical (unpaired) electrons. The Morgan fingerprint density at radius 1 is 1.35 bits per heavy atom. The lowest BCUT2D eigenvalue weighted by Crippen LogP contribution is -2.45. The van der Waals surface area contributed by atoms with Gasteiger partial charge < -0.3 is 15.4 Å². The molecule has 0 aromatic heterocycles. The third-order valence-corrected chi connectivity index (χ3v) is 2.77. The van der Waals surface area contributed by atoms with Gasteiger partial charge in [-0.05, 0) is 6.42 Å². The van der Waals surface area contributed by atoms with Crippen LogP contribution in [0, 0.1) is 5.92 Å². The molecular formula is C12H21F3N2O3. The molecule has 0 aliphatic carbocycles. The lowest BCUT2D eigenvalue weighted by Gasteiger charge is -2.27. The number of nitrogens with zero attached hydrogens (tertiary/aromatic N) is 1. The van der Waals surface area contributed by atoms with Gasteiger partial charge in [-0.15, -0.1) is 0 Å². The molecule has 0 saturated carbocycles. The van der Waals surface area contributed by atoms with Crippen molar-refractivity contribution < 1.29 is 27.5 Å². The van der Waals surface area contributed by atoms with E-state index in [1.54, 1.807) is 0 Å². The van der Waals surface area contributed by atoms with Crippen molar-refractivity contribution >= 4 is 11.9 Å². The van der Waals surface area contributed by atoms with Crippen molar-refractivity contribution in [2.24, 2.45) is 11.7 Å². The fraction of sp³-hybridized carbons (Fsp3) is 0.833. The third kappa shape index (κ3) is 7.32. The molecule has 118 valence electrons. The lowest BCUT2D eigenvalue weighted by atomic mass is 10.0. The molecule has 0 aromatic carbocycles. The second-order valence-corrected chi connectivity index (χ2v) is 4.42. The molecule has 0 spiro atoms. The first-order chi connectivity index (χ1) is 9.25. The quantitative estimate of drug-likeness (QED) is 0.686. The van der Waals surface area contributed by atoms with Gasteiger partial charge in [-0.1, -0.05) is 13.3 Å². The van der Waals surface area contributed by atoms with Crippen LogP contribution >= 0.6 is 0 Å². The van der Waals surface area contributed by atoms with E-state index in [1.165, 1.54) is 0 Å². The van der Waals surface area contributed by atoms with Gasteiger partial charge >= 0.3 is 12.1 Å². The summed E-state index contributed by atoms with van der Waals surface area (Å²) in [5.74, 6) is -1.99. The predicted molar refractivity (Wildman–Crippen MR) is 66.7 cm³/mol. The summed E-state index contributed by atoms with van der Waals surface area (Å²) in [6.45, 7) is 0.0893. The molecule has 5 nitrogen and oxygen atoms in total. The molecule has 1 atom stereocenters. The molecule has 0 bridgehead atoms. The summed E-state index contributed by atoms with van der Waals surface area (Å²) < 4.78 is 41.8. The van der Waals surface area contributed by atoms with Crippen LogP contribution in [0.1, 0.15) is 26.2 Å². The van der Waals surface area contributed by atoms with Crippen molar-refractivity contribution in [3.05, 3.63) is 0 Å². The van der Waals surface area contributed by atoms with Crippen molar-refractivity contribution in [2.75, 3.05) is 26.7 Å². The van der Waals surface area contributed by atoms with E-state index < -0.39 is 30.5 Å². The van der Waals surface area contributed by atoms with Crippen LogP contribution in [0.15, 0.2) is 0 Å². The molecule has 0 heterocycles. The number of methoxy groups -OCH3 is 1. The highest BCUT2D eigenvalue weighted by Gasteiger charge is 2.35. The number of alkyl halides is 3. The standard InChI is InChI=1S/C12H21F3N2O3/c1-3-4-9(7-16)11(19)17(8-12(13,14)15)6-5-10(18)20-2/h9H,3-8,16H2,1-2H3. The first-order valence-corrected chi connectivity index (χ1v) is 6.37. The zero-order valence-electron chi connectivity index (χ0n) is 11.7. The Hall–Kier alpha value is -1.31. The maximum Gasteiger partial charge on any atom is 0.406 e. The van der Waals surface area contributed by atoms with Gasteiger partial charge in [-0.2, -0.15) is 13.2 Å². The van der Waals surface area contributed by atoms with Crippen LogP contribution in [0.2, 0.25) is 0 Å². The first kappa shape index (κ1) is 18.7. The van der Waals surface area contributed by atoms with E-state index in [4.69, 9.17) is 5.73 Å². The Kier molecular flexibility index (Phi) is 8.21. The molecule has 8 heteroatoms. The summed E-state index contributed by atoms with van der Waals surface area (Å²) in [5.41, 5.74) is 5.42. The SMILES string of the molecule is CCCC(CN)C(=O)N(CCC(=O)OC)CC(F)(F)F. The number of ether oxygens (including phenoxy) is 1. The van der Waals surface area contributed by atoms with Crippen LogP contribution < -0.4 is 5.73 Å². The topological polar surface area (TPSA) is 72.6 Å². The third-order valence-electron chi connectivity index (χ3n) is 2.77. The molecule has 0 saturated heterocycles. The van der Waals surface area contributed by atoms with E-state index in [9.17, 15) is 22.8 Å². The van der Waals surface area contributed by atoms with Crippen molar-refractivity contribution in [2.45, 2.75) is 32.4 Å². The molecule has 0 rings (SSSR count). The number of carbonyl (C=O) groups is 2. The molecule has 1 amide bonds. The summed E-state index contributed by atoms with van der Waals surface area (Å²) in [5, 5.41) is 0. The molecule has 20 heavy (non-hydrogen) atoms. The monoisotopic (exact) mass is 298 g/mol. The molecular weight excluding hydrogens is 277 g/mol. The fourth-order valence-corrected chi connectivity index (χ4v) is 1.76. The highest BCUT2D eigenvalue weighted by Crippen LogP contribution is 2.19. The van der Waals surface area contributed by atoms with Gasteiger partial charge in [-0.25, -0.2) is 0 Å². The summed E-state index contributed by atoms with van der Waals surface area (Å²) in [6.07, 6.45) is -3.73. The minimum absolute atomic E-state index is 0.0146. The Labute approximate surface area is 116 Å². The largest absolute Gasteiger partial charge is 0.469 e. The van der Waals surface area contributed by atoms with Crippen molar-refractivity contribution in [1.29, 1.82) is 0 Å². The molecule has 0 aromatic rings. The number of esters is 1. The van der Waals surface area contributed by atoms with E-state index in [1.807, 2.05) is 6.92 Å². The van der Waals surface area contributed by atoms with E-state index >= 15 is 0 Å². The zero-order chi connectivity index (χ0) is 15.8. The van der Waals surface area contributed by atoms with Crippen LogP contribution in [0.5, 0.6) is 0 Å². The maximum atomic E-state index is 12.5. The molecule has 0 fully saturated rings. The number of carbonyl (C=O) groups excluding carboxylic acids is 2. The second kappa shape index (κ2) is 8.78. The number of rotatable bonds is 8. The van der Waals surface area contributed by atoms with E-state index in [2.05, 4.69) is 4.74 Å². The Morgan fingerprint density at radius 2 is 1.95 bits per heavy atom. The molecule has 0 aliphatic heterocycles. The molecule has 0 aliphatic rings. The Morgan fingerprint density at radius 3 is 2.35 bits per heavy atom. The zero-order valence-corrected chi connectivity index (χ0v) is 11.7. The number of hydrogen-bond donors (Lipinski definition) is 1. The van der Waals surface area contributed by atoms with Gasteiger partial charge in [0.15, 0.2) is 0 Å². The first-order valence-electron chi connectivity index (χ1n) is 6.37. The van der Waals surface area contributed by atoms with E-state index in [-0.39, 0.29) is 19.5 Å². The molecule has 2 N–H and O–H groups in total. The van der Waals surface area contributed by atoms with Crippen LogP contribution in [0.4, 0.5) is 13.2 Å². The number of amides is 1. The van der Waals surface area contributed by atoms with Crippen molar-refractivity contribution in [1.82, 2.24) is 4.90 Å². The van der Waals surface area contributed by atoms with E-state index in [0.717, 1.165) is 7.11 Å². The van der Waals surface area contributed by atoms with Gasteiger partial charge in [0.2, 0.25) is 5.91 Å². The average Bonchev–Trinajstić information content (AvgIpc) is 2.38. The summed E-state index contributed by atoms with van der Waals surface area (Å²) in [4.78, 5) is 23.7. The minimum atomic E-state index is -4.52. The Bertz CT molecular complexity index is 322. The predicted octanol–water partition coefficient (Wildman–Crippen LogP) is 1.32. The van der Waals surface area contributed by atoms with Gasteiger partial charge in [0.05, 0.1) is 19.4 Å². The summed E-state index contributed by atoms with van der Waals surface area (Å²) >= 11 is 0. The second-order valence-electron chi connectivity index (χ2n) is 4.42. The van der Waals surface area contributed by atoms with Crippen molar-refractivity contribution in [3.63, 3.8) is 0 Å². The van der Waals surface area contributed by atoms with Gasteiger partial charge in [0.1, 0.15) is 6.54 Å². The van der Waals surface area contributed by atoms with Crippen LogP contribution in [0.3, 0.4) is 0 Å². The van der Waals surface area contributed by atoms with Crippen LogP contribution in [-0.2, 0) is 14.3 Å². The Balaban J connectivity index is 4.80. The highest BCUT2D eigenvalue weighted by atomic mass is 19.4. The van der Waals surface area contributed by atoms with Gasteiger partial charge in [0, 0.05) is 13.1 Å². The fourth-order valence-electron chi connectivity index (χ4n) is 1.76. The van der Waals surface area contributed by atoms with Crippen LogP contribution in [0.25, 0.3) is 0 Å². The average molecular weight is 298 g/mol. The van der Waals surface area contributed by atoms with Crippen molar-refractivity contribution in [3.8, 4) is 0 Å². The van der Waals surface area contributed by atoms with Gasteiger partial charge in [0.25, 0.3) is 0 Å². The smallest absolute Gasteiger partial charge is 0.406 e. The summed E-state index contributed by atoms with van der Waals surface area (Å²) in [6, 6.07) is 0. The lowest BCUT2D eigenvalue weighted by molar-refractivity contribution is -0.165. The minimum Gasteiger partial charge on any atom is -0.469 e. The maximum absolute atomic E-state index is 12.5. The van der Waals surface area contributed by atoms with E-state index in [0.29, 0.717) is 17.7 Å². The number of nitrogens with two attached hydrogens (primary N) is 1. The van der Waals surface area contributed by atoms with Gasteiger partial charge in [-0.3, -0.25) is 9.59 Å². The normalized spacial score (nSPS) is 12.9. The molecule has 1 unspecified atom stereocenters.